The van der Waals surface area contributed by atoms with E-state index in [1.54, 1.807) is 0 Å². The molecule has 0 spiro atoms. The molecule has 7 heteroatoms. The SMILES string of the molecule is N#Cc1cc(Oc2ccc(Cl)c(Cl)c2)ccc1C(F)(F)F. The Bertz CT molecular complexity index is 723. The summed E-state index contributed by atoms with van der Waals surface area (Å²) in [4.78, 5) is 0. The van der Waals surface area contributed by atoms with Crippen LogP contribution in [0.5, 0.6) is 11.5 Å². The smallest absolute Gasteiger partial charge is 0.417 e. The molecule has 0 N–H and O–H groups in total. The molecule has 0 bridgehead atoms. The van der Waals surface area contributed by atoms with Crippen LogP contribution in [0, 0.1) is 11.3 Å². The largest absolute Gasteiger partial charge is 0.457 e. The minimum Gasteiger partial charge on any atom is -0.457 e. The molecule has 0 aliphatic carbocycles. The highest BCUT2D eigenvalue weighted by Gasteiger charge is 2.33. The van der Waals surface area contributed by atoms with Crippen molar-refractivity contribution >= 4 is 23.2 Å². The van der Waals surface area contributed by atoms with Gasteiger partial charge in [0, 0.05) is 6.07 Å². The Morgan fingerprint density at radius 1 is 0.952 bits per heavy atom. The number of hydrogen-bond donors (Lipinski definition) is 0. The van der Waals surface area contributed by atoms with E-state index in [0.29, 0.717) is 10.8 Å². The number of alkyl halides is 3. The Morgan fingerprint density at radius 2 is 1.57 bits per heavy atom. The first-order valence-corrected chi connectivity index (χ1v) is 6.31. The predicted octanol–water partition coefficient (Wildman–Crippen LogP) is 5.68. The van der Waals surface area contributed by atoms with Gasteiger partial charge < -0.3 is 4.74 Å². The maximum atomic E-state index is 12.7. The van der Waals surface area contributed by atoms with E-state index >= 15 is 0 Å². The van der Waals surface area contributed by atoms with Gasteiger partial charge in [0.1, 0.15) is 11.5 Å². The number of nitriles is 1. The standard InChI is InChI=1S/C14H6Cl2F3NO/c15-12-4-2-10(6-13(12)16)21-9-1-3-11(14(17,18)19)8(5-9)7-20/h1-6H. The fourth-order valence-electron chi connectivity index (χ4n) is 1.60. The molecule has 0 saturated carbocycles. The van der Waals surface area contributed by atoms with Crippen LogP contribution in [-0.2, 0) is 6.18 Å². The van der Waals surface area contributed by atoms with E-state index in [-0.39, 0.29) is 10.8 Å². The van der Waals surface area contributed by atoms with Crippen LogP contribution in [0.2, 0.25) is 10.0 Å². The lowest BCUT2D eigenvalue weighted by atomic mass is 10.1. The Kier molecular flexibility index (Phi) is 4.31. The van der Waals surface area contributed by atoms with Gasteiger partial charge in [0.2, 0.25) is 0 Å². The van der Waals surface area contributed by atoms with Crippen LogP contribution in [0.4, 0.5) is 13.2 Å². The highest BCUT2D eigenvalue weighted by molar-refractivity contribution is 6.42. The van der Waals surface area contributed by atoms with E-state index in [1.165, 1.54) is 24.3 Å². The second-order valence-corrected chi connectivity index (χ2v) is 4.81. The molecule has 2 aromatic rings. The minimum atomic E-state index is -4.59. The summed E-state index contributed by atoms with van der Waals surface area (Å²) >= 11 is 11.6. The fraction of sp³-hybridized carbons (Fsp3) is 0.0714. The normalized spacial score (nSPS) is 11.0. The molecule has 0 unspecified atom stereocenters. The average molecular weight is 332 g/mol. The third-order valence-corrected chi connectivity index (χ3v) is 3.28. The van der Waals surface area contributed by atoms with Crippen molar-refractivity contribution in [2.45, 2.75) is 6.18 Å². The van der Waals surface area contributed by atoms with Crippen molar-refractivity contribution in [2.24, 2.45) is 0 Å². The third kappa shape index (κ3) is 3.60. The van der Waals surface area contributed by atoms with Crippen LogP contribution < -0.4 is 4.74 Å². The first kappa shape index (κ1) is 15.5. The number of halogens is 5. The lowest BCUT2D eigenvalue weighted by Crippen LogP contribution is -2.07. The van der Waals surface area contributed by atoms with E-state index in [0.717, 1.165) is 18.2 Å². The van der Waals surface area contributed by atoms with E-state index in [1.807, 2.05) is 0 Å². The second-order valence-electron chi connectivity index (χ2n) is 3.99. The molecule has 0 amide bonds. The molecule has 2 rings (SSSR count). The minimum absolute atomic E-state index is 0.0953. The van der Waals surface area contributed by atoms with Crippen LogP contribution in [-0.4, -0.2) is 0 Å². The van der Waals surface area contributed by atoms with Crippen molar-refractivity contribution in [2.75, 3.05) is 0 Å². The van der Waals surface area contributed by atoms with Crippen molar-refractivity contribution in [3.8, 4) is 17.6 Å². The van der Waals surface area contributed by atoms with Crippen molar-refractivity contribution in [1.82, 2.24) is 0 Å². The van der Waals surface area contributed by atoms with Gasteiger partial charge in [0.15, 0.2) is 0 Å². The van der Waals surface area contributed by atoms with Crippen molar-refractivity contribution in [3.63, 3.8) is 0 Å². The summed E-state index contributed by atoms with van der Waals surface area (Å²) in [6, 6.07) is 8.88. The number of hydrogen-bond acceptors (Lipinski definition) is 2. The highest BCUT2D eigenvalue weighted by Crippen LogP contribution is 2.35. The second kappa shape index (κ2) is 5.84. The van der Waals surface area contributed by atoms with Crippen LogP contribution in [0.15, 0.2) is 36.4 Å². The van der Waals surface area contributed by atoms with E-state index in [2.05, 4.69) is 0 Å². The zero-order chi connectivity index (χ0) is 15.6. The molecular formula is C14H6Cl2F3NO. The number of rotatable bonds is 2. The lowest BCUT2D eigenvalue weighted by Gasteiger charge is -2.11. The number of ether oxygens (including phenoxy) is 1. The van der Waals surface area contributed by atoms with Crippen molar-refractivity contribution in [1.29, 1.82) is 5.26 Å². The molecule has 0 aliphatic rings. The first-order chi connectivity index (χ1) is 9.81. The zero-order valence-corrected chi connectivity index (χ0v) is 11.7. The van der Waals surface area contributed by atoms with Crippen molar-refractivity contribution < 1.29 is 17.9 Å². The summed E-state index contributed by atoms with van der Waals surface area (Å²) < 4.78 is 43.4. The Morgan fingerprint density at radius 3 is 2.14 bits per heavy atom. The van der Waals surface area contributed by atoms with Gasteiger partial charge >= 0.3 is 6.18 Å². The van der Waals surface area contributed by atoms with Gasteiger partial charge in [-0.15, -0.1) is 0 Å². The molecular weight excluding hydrogens is 326 g/mol. The van der Waals surface area contributed by atoms with E-state index in [4.69, 9.17) is 33.2 Å². The molecule has 0 heterocycles. The van der Waals surface area contributed by atoms with Gasteiger partial charge in [-0.2, -0.15) is 18.4 Å². The third-order valence-electron chi connectivity index (χ3n) is 2.54. The Balaban J connectivity index is 2.34. The van der Waals surface area contributed by atoms with Gasteiger partial charge in [-0.25, -0.2) is 0 Å². The summed E-state index contributed by atoms with van der Waals surface area (Å²) in [5.41, 5.74) is -1.52. The average Bonchev–Trinajstić information content (AvgIpc) is 2.41. The molecule has 108 valence electrons. The van der Waals surface area contributed by atoms with Gasteiger partial charge in [-0.3, -0.25) is 0 Å². The van der Waals surface area contributed by atoms with Gasteiger partial charge in [0.25, 0.3) is 0 Å². The monoisotopic (exact) mass is 331 g/mol. The summed E-state index contributed by atoms with van der Waals surface area (Å²) in [5.74, 6) is 0.394. The molecule has 0 saturated heterocycles. The molecule has 0 atom stereocenters. The van der Waals surface area contributed by atoms with Gasteiger partial charge in [-0.05, 0) is 30.3 Å². The number of nitrogens with zero attached hydrogens (tertiary/aromatic N) is 1. The first-order valence-electron chi connectivity index (χ1n) is 5.55. The maximum Gasteiger partial charge on any atom is 0.417 e. The molecule has 2 nitrogen and oxygen atoms in total. The molecule has 0 aromatic heterocycles. The quantitative estimate of drug-likeness (QED) is 0.709. The summed E-state index contributed by atoms with van der Waals surface area (Å²) in [5, 5.41) is 9.39. The zero-order valence-electron chi connectivity index (χ0n) is 10.2. The van der Waals surface area contributed by atoms with Crippen LogP contribution in [0.25, 0.3) is 0 Å². The predicted molar refractivity (Wildman–Crippen MR) is 72.7 cm³/mol. The Hall–Kier alpha value is -1.90. The van der Waals surface area contributed by atoms with Gasteiger partial charge in [0.05, 0.1) is 27.2 Å². The lowest BCUT2D eigenvalue weighted by molar-refractivity contribution is -0.137. The maximum absolute atomic E-state index is 12.7. The molecule has 0 radical (unpaired) electrons. The topological polar surface area (TPSA) is 33.0 Å². The van der Waals surface area contributed by atoms with Crippen molar-refractivity contribution in [3.05, 3.63) is 57.6 Å². The highest BCUT2D eigenvalue weighted by atomic mass is 35.5. The molecule has 0 aliphatic heterocycles. The summed E-state index contributed by atoms with van der Waals surface area (Å²) in [6.07, 6.45) is -4.59. The van der Waals surface area contributed by atoms with Crippen LogP contribution >= 0.6 is 23.2 Å². The van der Waals surface area contributed by atoms with E-state index < -0.39 is 17.3 Å². The van der Waals surface area contributed by atoms with E-state index in [9.17, 15) is 13.2 Å². The van der Waals surface area contributed by atoms with Crippen LogP contribution in [0.1, 0.15) is 11.1 Å². The molecule has 21 heavy (non-hydrogen) atoms. The Labute approximate surface area is 128 Å². The fourth-order valence-corrected chi connectivity index (χ4v) is 1.89. The molecule has 2 aromatic carbocycles. The number of benzene rings is 2. The van der Waals surface area contributed by atoms with Crippen LogP contribution in [0.3, 0.4) is 0 Å². The summed E-state index contributed by atoms with van der Waals surface area (Å²) in [7, 11) is 0. The summed E-state index contributed by atoms with van der Waals surface area (Å²) in [6.45, 7) is 0. The molecule has 0 fully saturated rings. The van der Waals surface area contributed by atoms with Gasteiger partial charge in [-0.1, -0.05) is 23.2 Å².